The second-order valence-electron chi connectivity index (χ2n) is 8.38. The fraction of sp³-hybridized carbons (Fsp3) is 0.591. The summed E-state index contributed by atoms with van der Waals surface area (Å²) in [6.07, 6.45) is 2.77. The highest BCUT2D eigenvalue weighted by atomic mass is 79.9. The fourth-order valence-electron chi connectivity index (χ4n) is 5.12. The van der Waals surface area contributed by atoms with Gasteiger partial charge in [-0.2, -0.15) is 0 Å². The molecular formula is C22H31BrN4O2. The van der Waals surface area contributed by atoms with E-state index >= 15 is 0 Å². The average Bonchev–Trinajstić information content (AvgIpc) is 2.96. The highest BCUT2D eigenvalue weighted by Crippen LogP contribution is 2.47. The third kappa shape index (κ3) is 3.37. The van der Waals surface area contributed by atoms with Crippen LogP contribution in [-0.2, 0) is 6.42 Å². The standard InChI is InChI=1S/C22H31BrN4O2/c1-5-26(6-2)22(29)24-27-19-11-14(13(3)28)10-16-15-8-7-9-25(4)18(15)12-17(20(16)19)21(27)23/h10-11,13,15,18,28H,5-9,12H2,1-4H3,(H,24,29)/t13?,15-,18-/m1/s1. The van der Waals surface area contributed by atoms with Gasteiger partial charge in [-0.15, -0.1) is 0 Å². The number of amides is 2. The largest absolute Gasteiger partial charge is 0.389 e. The van der Waals surface area contributed by atoms with E-state index in [4.69, 9.17) is 0 Å². The van der Waals surface area contributed by atoms with E-state index < -0.39 is 6.10 Å². The number of hydrogen-bond donors (Lipinski definition) is 2. The van der Waals surface area contributed by atoms with E-state index in [9.17, 15) is 9.90 Å². The van der Waals surface area contributed by atoms with Crippen molar-refractivity contribution in [2.75, 3.05) is 32.1 Å². The number of likely N-dealkylation sites (tertiary alicyclic amines) is 1. The number of halogens is 1. The van der Waals surface area contributed by atoms with Gasteiger partial charge in [-0.05, 0) is 92.3 Å². The van der Waals surface area contributed by atoms with Gasteiger partial charge in [0.25, 0.3) is 0 Å². The molecule has 0 bridgehead atoms. The molecule has 29 heavy (non-hydrogen) atoms. The van der Waals surface area contributed by atoms with Gasteiger partial charge in [0.1, 0.15) is 4.60 Å². The number of carbonyl (C=O) groups excluding carboxylic acids is 1. The topological polar surface area (TPSA) is 60.7 Å². The lowest BCUT2D eigenvalue weighted by Crippen LogP contribution is -2.44. The first-order chi connectivity index (χ1) is 13.9. The molecule has 3 atom stereocenters. The van der Waals surface area contributed by atoms with Gasteiger partial charge in [0.2, 0.25) is 0 Å². The summed E-state index contributed by atoms with van der Waals surface area (Å²) >= 11 is 3.79. The molecule has 2 heterocycles. The Morgan fingerprint density at radius 2 is 2.10 bits per heavy atom. The van der Waals surface area contributed by atoms with Crippen LogP contribution in [0.15, 0.2) is 16.7 Å². The molecule has 7 heteroatoms. The highest BCUT2D eigenvalue weighted by molar-refractivity contribution is 9.10. The van der Waals surface area contributed by atoms with E-state index in [-0.39, 0.29) is 6.03 Å². The molecule has 0 radical (unpaired) electrons. The summed E-state index contributed by atoms with van der Waals surface area (Å²) in [6, 6.07) is 4.55. The molecule has 6 nitrogen and oxygen atoms in total. The van der Waals surface area contributed by atoms with Crippen LogP contribution >= 0.6 is 15.9 Å². The zero-order chi connectivity index (χ0) is 20.9. The predicted molar refractivity (Wildman–Crippen MR) is 120 cm³/mol. The Morgan fingerprint density at radius 1 is 1.38 bits per heavy atom. The first-order valence-corrected chi connectivity index (χ1v) is 11.5. The summed E-state index contributed by atoms with van der Waals surface area (Å²) in [5.74, 6) is 0.462. The average molecular weight is 463 g/mol. The van der Waals surface area contributed by atoms with Crippen LogP contribution in [0.25, 0.3) is 10.9 Å². The maximum absolute atomic E-state index is 12.8. The molecule has 1 saturated heterocycles. The lowest BCUT2D eigenvalue weighted by Gasteiger charge is -2.42. The molecule has 0 saturated carbocycles. The molecular weight excluding hydrogens is 432 g/mol. The van der Waals surface area contributed by atoms with Gasteiger partial charge in [0.15, 0.2) is 0 Å². The second kappa shape index (κ2) is 7.93. The number of aromatic nitrogens is 1. The Bertz CT molecular complexity index is 935. The molecule has 1 aromatic carbocycles. The van der Waals surface area contributed by atoms with Crippen LogP contribution in [0.3, 0.4) is 0 Å². The van der Waals surface area contributed by atoms with E-state index in [1.165, 1.54) is 29.4 Å². The molecule has 2 amide bonds. The van der Waals surface area contributed by atoms with Crippen molar-refractivity contribution in [1.29, 1.82) is 0 Å². The molecule has 1 aromatic heterocycles. The van der Waals surface area contributed by atoms with Crippen molar-refractivity contribution >= 4 is 32.9 Å². The minimum Gasteiger partial charge on any atom is -0.389 e. The number of piperidine rings is 1. The smallest absolute Gasteiger partial charge is 0.336 e. The van der Waals surface area contributed by atoms with Gasteiger partial charge in [0.05, 0.1) is 11.6 Å². The van der Waals surface area contributed by atoms with Crippen LogP contribution in [0.4, 0.5) is 4.79 Å². The van der Waals surface area contributed by atoms with Crippen LogP contribution in [0.2, 0.25) is 0 Å². The predicted octanol–water partition coefficient (Wildman–Crippen LogP) is 4.20. The van der Waals surface area contributed by atoms with E-state index in [0.29, 0.717) is 25.0 Å². The van der Waals surface area contributed by atoms with Crippen molar-refractivity contribution in [3.8, 4) is 0 Å². The molecule has 1 aliphatic heterocycles. The van der Waals surface area contributed by atoms with Crippen molar-refractivity contribution in [1.82, 2.24) is 14.5 Å². The summed E-state index contributed by atoms with van der Waals surface area (Å²) in [4.78, 5) is 17.0. The molecule has 1 aliphatic carbocycles. The minimum atomic E-state index is -0.554. The van der Waals surface area contributed by atoms with Gasteiger partial charge in [0, 0.05) is 30.4 Å². The van der Waals surface area contributed by atoms with Crippen LogP contribution in [-0.4, -0.2) is 58.3 Å². The lowest BCUT2D eigenvalue weighted by atomic mass is 9.74. The maximum Gasteiger partial charge on any atom is 0.336 e. The number of benzene rings is 1. The first-order valence-electron chi connectivity index (χ1n) is 10.7. The fourth-order valence-corrected chi connectivity index (χ4v) is 5.76. The zero-order valence-corrected chi connectivity index (χ0v) is 19.3. The van der Waals surface area contributed by atoms with Crippen LogP contribution in [0.5, 0.6) is 0 Å². The molecule has 1 fully saturated rings. The second-order valence-corrected chi connectivity index (χ2v) is 9.13. The number of aliphatic hydroxyl groups is 1. The molecule has 2 aliphatic rings. The van der Waals surface area contributed by atoms with Gasteiger partial charge in [-0.3, -0.25) is 0 Å². The van der Waals surface area contributed by atoms with Crippen LogP contribution in [0.1, 0.15) is 62.3 Å². The Hall–Kier alpha value is -1.57. The summed E-state index contributed by atoms with van der Waals surface area (Å²) in [7, 11) is 2.21. The summed E-state index contributed by atoms with van der Waals surface area (Å²) < 4.78 is 2.78. The van der Waals surface area contributed by atoms with Gasteiger partial charge < -0.3 is 14.9 Å². The van der Waals surface area contributed by atoms with E-state index in [1.54, 1.807) is 11.8 Å². The molecule has 158 valence electrons. The normalized spacial score (nSPS) is 22.4. The lowest BCUT2D eigenvalue weighted by molar-refractivity contribution is 0.156. The van der Waals surface area contributed by atoms with Gasteiger partial charge in [-0.1, -0.05) is 6.07 Å². The number of carbonyl (C=O) groups is 1. The number of nitrogens with one attached hydrogen (secondary N) is 1. The highest BCUT2D eigenvalue weighted by Gasteiger charge is 2.38. The number of nitrogens with zero attached hydrogens (tertiary/aromatic N) is 3. The Labute approximate surface area is 180 Å². The summed E-state index contributed by atoms with van der Waals surface area (Å²) in [6.45, 7) is 8.20. The summed E-state index contributed by atoms with van der Waals surface area (Å²) in [5.41, 5.74) is 7.51. The zero-order valence-electron chi connectivity index (χ0n) is 17.7. The van der Waals surface area contributed by atoms with Crippen LogP contribution in [0, 0.1) is 0 Å². The third-order valence-corrected chi connectivity index (χ3v) is 7.60. The van der Waals surface area contributed by atoms with Gasteiger partial charge in [-0.25, -0.2) is 14.9 Å². The number of rotatable bonds is 4. The molecule has 4 rings (SSSR count). The van der Waals surface area contributed by atoms with E-state index in [0.717, 1.165) is 28.6 Å². The minimum absolute atomic E-state index is 0.114. The molecule has 2 aromatic rings. The Balaban J connectivity index is 1.89. The van der Waals surface area contributed by atoms with Crippen molar-refractivity contribution in [2.45, 2.75) is 58.1 Å². The maximum atomic E-state index is 12.8. The Morgan fingerprint density at radius 3 is 2.76 bits per heavy atom. The number of fused-ring (bicyclic) bond motifs is 2. The van der Waals surface area contributed by atoms with Crippen molar-refractivity contribution in [2.24, 2.45) is 0 Å². The van der Waals surface area contributed by atoms with E-state index in [1.807, 2.05) is 24.6 Å². The monoisotopic (exact) mass is 462 g/mol. The third-order valence-electron chi connectivity index (χ3n) is 6.77. The van der Waals surface area contributed by atoms with Crippen molar-refractivity contribution < 1.29 is 9.90 Å². The van der Waals surface area contributed by atoms with Gasteiger partial charge >= 0.3 is 6.03 Å². The SMILES string of the molecule is CCN(CC)C(=O)Nn1c(Br)c2c3c(cc(C(C)O)cc31)[C@H]1CCCN(C)[C@@H]1C2. The number of likely N-dealkylation sites (N-methyl/N-ethyl adjacent to an activating group) is 1. The van der Waals surface area contributed by atoms with Crippen molar-refractivity contribution in [3.05, 3.63) is 33.4 Å². The quantitative estimate of drug-likeness (QED) is 0.715. The number of urea groups is 1. The molecule has 2 N–H and O–H groups in total. The van der Waals surface area contributed by atoms with Crippen LogP contribution < -0.4 is 5.43 Å². The summed E-state index contributed by atoms with van der Waals surface area (Å²) in [5, 5.41) is 11.6. The molecule has 0 spiro atoms. The van der Waals surface area contributed by atoms with Crippen molar-refractivity contribution in [3.63, 3.8) is 0 Å². The number of aliphatic hydroxyl groups excluding tert-OH is 1. The first kappa shape index (κ1) is 20.7. The Kier molecular flexibility index (Phi) is 5.66. The number of hydrogen-bond acceptors (Lipinski definition) is 3. The molecule has 1 unspecified atom stereocenters. The van der Waals surface area contributed by atoms with E-state index in [2.05, 4.69) is 39.4 Å².